The molecule has 0 spiro atoms. The Balaban J connectivity index is 1.66. The van der Waals surface area contributed by atoms with Crippen LogP contribution < -0.4 is 20.7 Å². The van der Waals surface area contributed by atoms with Crippen LogP contribution in [0.3, 0.4) is 0 Å². The van der Waals surface area contributed by atoms with Crippen molar-refractivity contribution in [1.82, 2.24) is 9.55 Å². The van der Waals surface area contributed by atoms with Gasteiger partial charge in [-0.2, -0.15) is 21.6 Å². The maximum Gasteiger partial charge on any atom is 0.523 e. The molecule has 1 saturated heterocycles. The molecule has 0 bridgehead atoms. The number of aromatic amines is 1. The highest BCUT2D eigenvalue weighted by atomic mass is 32.2. The molecule has 0 amide bonds. The second-order valence-corrected chi connectivity index (χ2v) is 12.6. The Kier molecular flexibility index (Phi) is 10.4. The second-order valence-electron chi connectivity index (χ2n) is 11.0. The van der Waals surface area contributed by atoms with Crippen LogP contribution in [-0.4, -0.2) is 69.7 Å². The van der Waals surface area contributed by atoms with Gasteiger partial charge in [0.2, 0.25) is 0 Å². The maximum atomic E-state index is 13.6. The minimum atomic E-state index is -6.20. The SMILES string of the molecule is COc1ccc(C(OC[C@H]2O[C@@H](n3cc(C)c(=O)[nH]c3=O)[C@H](OC)[C@@H]2OS(=O)(=O)C(F)(F)F)(c2ccccc2)c2ccc(OC)cc2)cc1. The van der Waals surface area contributed by atoms with Gasteiger partial charge in [0.1, 0.15) is 35.4 Å². The van der Waals surface area contributed by atoms with Crippen LogP contribution in [0.5, 0.6) is 11.5 Å². The van der Waals surface area contributed by atoms with Crippen molar-refractivity contribution in [3.8, 4) is 11.5 Å². The van der Waals surface area contributed by atoms with Gasteiger partial charge < -0.3 is 23.7 Å². The van der Waals surface area contributed by atoms with Gasteiger partial charge in [-0.25, -0.2) is 4.79 Å². The van der Waals surface area contributed by atoms with E-state index in [1.54, 1.807) is 78.9 Å². The number of methoxy groups -OCH3 is 3. The van der Waals surface area contributed by atoms with Crippen molar-refractivity contribution in [2.45, 2.75) is 42.6 Å². The molecule has 3 aromatic carbocycles. The lowest BCUT2D eigenvalue weighted by molar-refractivity contribution is -0.0975. The van der Waals surface area contributed by atoms with E-state index in [0.717, 1.165) is 17.9 Å². The molecule has 49 heavy (non-hydrogen) atoms. The molecule has 1 aromatic heterocycles. The minimum Gasteiger partial charge on any atom is -0.497 e. The molecule has 0 aliphatic carbocycles. The first-order valence-corrected chi connectivity index (χ1v) is 16.1. The van der Waals surface area contributed by atoms with Crippen LogP contribution in [0.4, 0.5) is 13.2 Å². The fraction of sp³-hybridized carbons (Fsp3) is 0.333. The number of aryl methyl sites for hydroxylation is 1. The minimum absolute atomic E-state index is 0.0697. The molecule has 1 fully saturated rings. The van der Waals surface area contributed by atoms with Crippen molar-refractivity contribution in [2.24, 2.45) is 0 Å². The Morgan fingerprint density at radius 2 is 1.35 bits per heavy atom. The van der Waals surface area contributed by atoms with Crippen molar-refractivity contribution >= 4 is 10.1 Å². The molecule has 5 rings (SSSR count). The van der Waals surface area contributed by atoms with Gasteiger partial charge in [0.15, 0.2) is 6.23 Å². The fourth-order valence-corrected chi connectivity index (χ4v) is 6.33. The highest BCUT2D eigenvalue weighted by Gasteiger charge is 2.56. The number of ether oxygens (including phenoxy) is 5. The summed E-state index contributed by atoms with van der Waals surface area (Å²) in [6.45, 7) is 0.810. The van der Waals surface area contributed by atoms with Crippen molar-refractivity contribution in [2.75, 3.05) is 27.9 Å². The average molecular weight is 707 g/mol. The van der Waals surface area contributed by atoms with Crippen LogP contribution in [0.25, 0.3) is 0 Å². The number of benzene rings is 3. The molecule has 1 aliphatic rings. The third kappa shape index (κ3) is 7.00. The Bertz CT molecular complexity index is 1920. The smallest absolute Gasteiger partial charge is 0.497 e. The summed E-state index contributed by atoms with van der Waals surface area (Å²) in [6, 6.07) is 22.7. The molecule has 1 aliphatic heterocycles. The number of hydrogen-bond donors (Lipinski definition) is 1. The van der Waals surface area contributed by atoms with Crippen LogP contribution >= 0.6 is 0 Å². The predicted molar refractivity (Wildman–Crippen MR) is 169 cm³/mol. The number of aromatic nitrogens is 2. The van der Waals surface area contributed by atoms with Gasteiger partial charge in [0.25, 0.3) is 5.56 Å². The number of nitrogens with zero attached hydrogens (tertiary/aromatic N) is 1. The molecular formula is C33H33F3N2O10S. The lowest BCUT2D eigenvalue weighted by Crippen LogP contribution is -2.44. The molecule has 16 heteroatoms. The first-order chi connectivity index (χ1) is 23.2. The highest BCUT2D eigenvalue weighted by Crippen LogP contribution is 2.44. The summed E-state index contributed by atoms with van der Waals surface area (Å²) in [7, 11) is -2.10. The molecule has 0 saturated carbocycles. The highest BCUT2D eigenvalue weighted by molar-refractivity contribution is 7.87. The average Bonchev–Trinajstić information content (AvgIpc) is 3.43. The van der Waals surface area contributed by atoms with E-state index in [1.807, 2.05) is 0 Å². The third-order valence-corrected chi connectivity index (χ3v) is 9.18. The van der Waals surface area contributed by atoms with Gasteiger partial charge in [-0.15, -0.1) is 0 Å². The van der Waals surface area contributed by atoms with Gasteiger partial charge >= 0.3 is 21.3 Å². The summed E-state index contributed by atoms with van der Waals surface area (Å²) in [4.78, 5) is 27.0. The van der Waals surface area contributed by atoms with Crippen LogP contribution in [-0.2, 0) is 34.1 Å². The first kappa shape index (κ1) is 35.8. The van der Waals surface area contributed by atoms with Gasteiger partial charge in [0.05, 0.1) is 20.8 Å². The zero-order valence-electron chi connectivity index (χ0n) is 26.7. The molecule has 1 N–H and O–H groups in total. The monoisotopic (exact) mass is 706 g/mol. The summed E-state index contributed by atoms with van der Waals surface area (Å²) in [5.74, 6) is 1.08. The molecule has 2 heterocycles. The summed E-state index contributed by atoms with van der Waals surface area (Å²) in [5, 5.41) is 0. The summed E-state index contributed by atoms with van der Waals surface area (Å²) in [5.41, 5.74) is -7.16. The topological polar surface area (TPSA) is 144 Å². The van der Waals surface area contributed by atoms with E-state index in [9.17, 15) is 31.2 Å². The van der Waals surface area contributed by atoms with E-state index in [0.29, 0.717) is 28.2 Å². The molecule has 4 aromatic rings. The van der Waals surface area contributed by atoms with E-state index >= 15 is 0 Å². The van der Waals surface area contributed by atoms with E-state index < -0.39 is 63.6 Å². The normalized spacial score (nSPS) is 19.9. The van der Waals surface area contributed by atoms with Crippen molar-refractivity contribution in [1.29, 1.82) is 0 Å². The van der Waals surface area contributed by atoms with Gasteiger partial charge in [-0.05, 0) is 47.9 Å². The largest absolute Gasteiger partial charge is 0.523 e. The Labute approximate surface area is 279 Å². The molecule has 262 valence electrons. The standard InChI is InChI=1S/C33H33F3N2O10S/c1-20-18-38(31(40)37-29(20)39)30-28(45-4)27(48-49(41,42)33(34,35)36)26(47-30)19-46-32(21-8-6-5-7-9-21,22-10-14-24(43-2)15-11-22)23-12-16-25(44-3)17-13-23/h5-18,26-28,30H,19H2,1-4H3,(H,37,39,40)/t26-,27-,28-,30-/m1/s1. The van der Waals surface area contributed by atoms with Crippen LogP contribution in [0, 0.1) is 6.92 Å². The molecule has 12 nitrogen and oxygen atoms in total. The number of H-pyrrole nitrogens is 1. The molecule has 4 atom stereocenters. The summed E-state index contributed by atoms with van der Waals surface area (Å²) >= 11 is 0. The second kappa shape index (κ2) is 14.2. The van der Waals surface area contributed by atoms with Crippen LogP contribution in [0.1, 0.15) is 28.5 Å². The third-order valence-electron chi connectivity index (χ3n) is 8.14. The number of rotatable bonds is 12. The maximum absolute atomic E-state index is 13.6. The van der Waals surface area contributed by atoms with Crippen molar-refractivity contribution < 1.29 is 49.5 Å². The van der Waals surface area contributed by atoms with E-state index in [4.69, 9.17) is 27.9 Å². The van der Waals surface area contributed by atoms with Crippen LogP contribution in [0.15, 0.2) is 94.6 Å². The van der Waals surface area contributed by atoms with Crippen molar-refractivity contribution in [3.05, 3.63) is 128 Å². The van der Waals surface area contributed by atoms with Gasteiger partial charge in [-0.1, -0.05) is 54.6 Å². The quantitative estimate of drug-likeness (QED) is 0.130. The predicted octanol–water partition coefficient (Wildman–Crippen LogP) is 4.02. The van der Waals surface area contributed by atoms with E-state index in [1.165, 1.54) is 21.1 Å². The number of hydrogen-bond acceptors (Lipinski definition) is 10. The first-order valence-electron chi connectivity index (χ1n) is 14.7. The Morgan fingerprint density at radius 3 is 1.84 bits per heavy atom. The summed E-state index contributed by atoms with van der Waals surface area (Å²) < 4.78 is 100. The van der Waals surface area contributed by atoms with E-state index in [2.05, 4.69) is 4.98 Å². The molecule has 0 radical (unpaired) electrons. The lowest BCUT2D eigenvalue weighted by atomic mass is 9.80. The van der Waals surface area contributed by atoms with Crippen LogP contribution in [0.2, 0.25) is 0 Å². The van der Waals surface area contributed by atoms with Gasteiger partial charge in [0, 0.05) is 18.9 Å². The van der Waals surface area contributed by atoms with Gasteiger partial charge in [-0.3, -0.25) is 18.5 Å². The lowest BCUT2D eigenvalue weighted by Gasteiger charge is -2.37. The number of nitrogens with one attached hydrogen (secondary N) is 1. The van der Waals surface area contributed by atoms with E-state index in [-0.39, 0.29) is 5.56 Å². The van der Waals surface area contributed by atoms with Crippen molar-refractivity contribution in [3.63, 3.8) is 0 Å². The Hall–Kier alpha value is -4.48. The number of alkyl halides is 3. The molecule has 0 unspecified atom stereocenters. The fourth-order valence-electron chi connectivity index (χ4n) is 5.69. The zero-order chi connectivity index (χ0) is 35.6. The Morgan fingerprint density at radius 1 is 0.816 bits per heavy atom. The molecular weight excluding hydrogens is 673 g/mol. The summed E-state index contributed by atoms with van der Waals surface area (Å²) in [6.07, 6.45) is -5.56. The number of halogens is 3. The zero-order valence-corrected chi connectivity index (χ0v) is 27.5.